The number of nitrogens with one attached hydrogen (secondary N) is 4. The van der Waals surface area contributed by atoms with Crippen LogP contribution in [0.3, 0.4) is 0 Å². The maximum absolute atomic E-state index is 13.9. The van der Waals surface area contributed by atoms with Gasteiger partial charge >= 0.3 is 6.09 Å². The molecule has 4 N–H and O–H groups in total. The molecule has 49 heavy (non-hydrogen) atoms. The Morgan fingerprint density at radius 3 is 2.16 bits per heavy atom. The van der Waals surface area contributed by atoms with Crippen molar-refractivity contribution in [1.29, 1.82) is 0 Å². The quantitative estimate of drug-likeness (QED) is 0.202. The smallest absolute Gasteiger partial charge is 0.407 e. The van der Waals surface area contributed by atoms with Crippen LogP contribution < -0.4 is 21.3 Å². The molecule has 1 aliphatic rings. The first-order valence-electron chi connectivity index (χ1n) is 16.8. The van der Waals surface area contributed by atoms with E-state index in [-0.39, 0.29) is 37.3 Å². The number of alkyl carbamates (subject to hydrolysis) is 1. The summed E-state index contributed by atoms with van der Waals surface area (Å²) in [6.07, 6.45) is 0.179. The molecular weight excluding hydrogens is 632 g/mol. The molecule has 1 heterocycles. The molecule has 14 heteroatoms. The van der Waals surface area contributed by atoms with Gasteiger partial charge < -0.3 is 35.8 Å². The van der Waals surface area contributed by atoms with Crippen LogP contribution in [0.4, 0.5) is 4.79 Å². The summed E-state index contributed by atoms with van der Waals surface area (Å²) in [7, 11) is 3.11. The molecule has 272 valence electrons. The van der Waals surface area contributed by atoms with Crippen molar-refractivity contribution in [2.45, 2.75) is 91.9 Å². The maximum atomic E-state index is 13.9. The summed E-state index contributed by atoms with van der Waals surface area (Å²) in [5.41, 5.74) is -0.167. The van der Waals surface area contributed by atoms with E-state index in [4.69, 9.17) is 4.74 Å². The van der Waals surface area contributed by atoms with E-state index in [1.54, 1.807) is 72.1 Å². The fourth-order valence-electron chi connectivity index (χ4n) is 5.39. The van der Waals surface area contributed by atoms with E-state index in [9.17, 15) is 33.6 Å². The SMILES string of the molecule is CCC[C@@H](NC(=O)[C@@H]1C[C@H](C)CN1C(=O)[C@@H](NC(=O)OCC(C)C)C(C)(C)C)C(=O)C(=O)NCC(=O)NC(C(=O)N(C)C)c1ccccc1. The number of carbonyl (C=O) groups excluding carboxylic acids is 7. The summed E-state index contributed by atoms with van der Waals surface area (Å²) in [5.74, 6) is -4.09. The zero-order valence-corrected chi connectivity index (χ0v) is 30.3. The summed E-state index contributed by atoms with van der Waals surface area (Å²) in [5, 5.41) is 10.2. The molecule has 1 aromatic rings. The van der Waals surface area contributed by atoms with Crippen molar-refractivity contribution in [2.75, 3.05) is 33.8 Å². The van der Waals surface area contributed by atoms with Crippen LogP contribution in [-0.2, 0) is 33.5 Å². The zero-order valence-electron chi connectivity index (χ0n) is 30.3. The summed E-state index contributed by atoms with van der Waals surface area (Å²) in [6, 6.07) is 4.47. The van der Waals surface area contributed by atoms with Gasteiger partial charge in [0.1, 0.15) is 18.1 Å². The third-order valence-electron chi connectivity index (χ3n) is 7.99. The number of ether oxygens (including phenoxy) is 1. The fraction of sp³-hybridized carbons (Fsp3) is 0.629. The largest absolute Gasteiger partial charge is 0.449 e. The van der Waals surface area contributed by atoms with Crippen molar-refractivity contribution in [3.05, 3.63) is 35.9 Å². The molecule has 0 saturated carbocycles. The summed E-state index contributed by atoms with van der Waals surface area (Å²) in [6.45, 7) is 12.7. The van der Waals surface area contributed by atoms with Crippen LogP contribution in [0.25, 0.3) is 0 Å². The lowest BCUT2D eigenvalue weighted by Crippen LogP contribution is -2.59. The molecule has 2 rings (SSSR count). The number of carbonyl (C=O) groups is 7. The van der Waals surface area contributed by atoms with E-state index < -0.39 is 71.6 Å². The molecule has 14 nitrogen and oxygen atoms in total. The van der Waals surface area contributed by atoms with Gasteiger partial charge in [0.2, 0.25) is 29.4 Å². The molecule has 1 fully saturated rings. The van der Waals surface area contributed by atoms with Crippen molar-refractivity contribution in [1.82, 2.24) is 31.1 Å². The molecule has 1 aliphatic heterocycles. The second-order valence-corrected chi connectivity index (χ2v) is 14.3. The Hall–Kier alpha value is -4.49. The summed E-state index contributed by atoms with van der Waals surface area (Å²) in [4.78, 5) is 94.4. The Bertz CT molecular complexity index is 1340. The van der Waals surface area contributed by atoms with Gasteiger partial charge in [0.25, 0.3) is 5.91 Å². The van der Waals surface area contributed by atoms with Crippen LogP contribution in [0, 0.1) is 17.3 Å². The minimum absolute atomic E-state index is 0.0468. The van der Waals surface area contributed by atoms with Crippen molar-refractivity contribution < 1.29 is 38.3 Å². The average Bonchev–Trinajstić information content (AvgIpc) is 3.44. The highest BCUT2D eigenvalue weighted by atomic mass is 16.5. The molecular formula is C35H54N6O8. The van der Waals surface area contributed by atoms with Gasteiger partial charge in [-0.1, -0.05) is 85.2 Å². The predicted octanol–water partition coefficient (Wildman–Crippen LogP) is 1.94. The van der Waals surface area contributed by atoms with Crippen LogP contribution in [0.5, 0.6) is 0 Å². The van der Waals surface area contributed by atoms with Gasteiger partial charge in [-0.3, -0.25) is 28.8 Å². The molecule has 0 aliphatic carbocycles. The number of hydrogen-bond acceptors (Lipinski definition) is 8. The minimum atomic E-state index is -1.21. The van der Waals surface area contributed by atoms with Crippen LogP contribution in [0.1, 0.15) is 79.3 Å². The first kappa shape index (κ1) is 40.7. The van der Waals surface area contributed by atoms with Gasteiger partial charge in [-0.05, 0) is 35.7 Å². The van der Waals surface area contributed by atoms with Crippen LogP contribution >= 0.6 is 0 Å². The number of ketones is 1. The highest BCUT2D eigenvalue weighted by Gasteiger charge is 2.45. The Morgan fingerprint density at radius 1 is 0.980 bits per heavy atom. The topological polar surface area (TPSA) is 183 Å². The molecule has 1 saturated heterocycles. The number of hydrogen-bond donors (Lipinski definition) is 4. The lowest BCUT2D eigenvalue weighted by molar-refractivity contribution is -0.144. The number of likely N-dealkylation sites (tertiary alicyclic amines) is 1. The van der Waals surface area contributed by atoms with Crippen molar-refractivity contribution in [3.63, 3.8) is 0 Å². The monoisotopic (exact) mass is 686 g/mol. The van der Waals surface area contributed by atoms with E-state index in [0.717, 1.165) is 0 Å². The number of amides is 6. The highest BCUT2D eigenvalue weighted by molar-refractivity contribution is 6.38. The molecule has 0 bridgehead atoms. The Morgan fingerprint density at radius 2 is 1.61 bits per heavy atom. The molecule has 1 unspecified atom stereocenters. The third kappa shape index (κ3) is 12.2. The highest BCUT2D eigenvalue weighted by Crippen LogP contribution is 2.28. The van der Waals surface area contributed by atoms with Gasteiger partial charge in [0.15, 0.2) is 0 Å². The van der Waals surface area contributed by atoms with E-state index >= 15 is 0 Å². The molecule has 0 spiro atoms. The van der Waals surface area contributed by atoms with Gasteiger partial charge in [-0.15, -0.1) is 0 Å². The van der Waals surface area contributed by atoms with E-state index in [2.05, 4.69) is 21.3 Å². The van der Waals surface area contributed by atoms with Crippen LogP contribution in [0.15, 0.2) is 30.3 Å². The Kier molecular flexibility index (Phi) is 15.2. The predicted molar refractivity (Wildman–Crippen MR) is 183 cm³/mol. The first-order chi connectivity index (χ1) is 22.9. The second kappa shape index (κ2) is 18.3. The normalized spacial score (nSPS) is 17.7. The molecule has 0 radical (unpaired) electrons. The second-order valence-electron chi connectivity index (χ2n) is 14.3. The molecule has 0 aromatic heterocycles. The maximum Gasteiger partial charge on any atom is 0.407 e. The van der Waals surface area contributed by atoms with Gasteiger partial charge in [0.05, 0.1) is 19.2 Å². The molecule has 6 amide bonds. The standard InChI is InChI=1S/C35H54N6O8/c1-10-14-24(28(43)31(45)36-18-26(42)38-27(32(46)40(8)9)23-15-12-11-13-16-23)37-30(44)25-17-22(4)19-41(25)33(47)29(35(5,6)7)39-34(48)49-20-21(2)3/h11-13,15-16,21-22,24-25,27,29H,10,14,17-20H2,1-9H3,(H,36,45)(H,37,44)(H,38,42)(H,39,48)/t22-,24+,25-,27?,29+/m0/s1. The molecule has 5 atom stereocenters. The van der Waals surface area contributed by atoms with Crippen molar-refractivity contribution in [3.8, 4) is 0 Å². The number of likely N-dealkylation sites (N-methyl/N-ethyl adjacent to an activating group) is 1. The average molecular weight is 687 g/mol. The van der Waals surface area contributed by atoms with E-state index in [1.165, 1.54) is 9.80 Å². The van der Waals surface area contributed by atoms with Gasteiger partial charge in [-0.25, -0.2) is 4.79 Å². The fourth-order valence-corrected chi connectivity index (χ4v) is 5.39. The minimum Gasteiger partial charge on any atom is -0.449 e. The number of benzene rings is 1. The third-order valence-corrected chi connectivity index (χ3v) is 7.99. The van der Waals surface area contributed by atoms with Gasteiger partial charge in [0, 0.05) is 20.6 Å². The Labute approximate surface area is 289 Å². The lowest BCUT2D eigenvalue weighted by atomic mass is 9.85. The molecule has 1 aromatic carbocycles. The summed E-state index contributed by atoms with van der Waals surface area (Å²) < 4.78 is 5.24. The zero-order chi connectivity index (χ0) is 37.1. The number of Topliss-reactive ketones (excluding diaryl/α,β-unsaturated/α-hetero) is 1. The van der Waals surface area contributed by atoms with Crippen molar-refractivity contribution >= 4 is 41.4 Å². The van der Waals surface area contributed by atoms with Crippen LogP contribution in [0.2, 0.25) is 0 Å². The Balaban J connectivity index is 2.12. The van der Waals surface area contributed by atoms with Gasteiger partial charge in [-0.2, -0.15) is 0 Å². The lowest BCUT2D eigenvalue weighted by Gasteiger charge is -2.35. The van der Waals surface area contributed by atoms with E-state index in [0.29, 0.717) is 18.4 Å². The first-order valence-corrected chi connectivity index (χ1v) is 16.8. The number of rotatable bonds is 15. The summed E-state index contributed by atoms with van der Waals surface area (Å²) >= 11 is 0. The van der Waals surface area contributed by atoms with E-state index in [1.807, 2.05) is 20.8 Å². The van der Waals surface area contributed by atoms with Crippen LogP contribution in [-0.4, -0.2) is 103 Å². The number of nitrogens with zero attached hydrogens (tertiary/aromatic N) is 2. The van der Waals surface area contributed by atoms with Crippen molar-refractivity contribution in [2.24, 2.45) is 17.3 Å².